The first kappa shape index (κ1) is 16.8. The Morgan fingerprint density at radius 1 is 1.45 bits per heavy atom. The molecule has 1 aromatic heterocycles. The fraction of sp³-hybridized carbons (Fsp3) is 0.636. The molecule has 1 unspecified atom stereocenters. The van der Waals surface area contributed by atoms with Gasteiger partial charge in [0.1, 0.15) is 11.5 Å². The fourth-order valence-corrected chi connectivity index (χ4v) is 2.75. The van der Waals surface area contributed by atoms with E-state index in [1.165, 1.54) is 14.2 Å². The standard InChI is InChI=1S/C11H19N2O6P/c1-5-18-11(14)10-8(7(2)19-13-10)6-9(12)20(15,16-3)17-4/h9H,5-6,12H2,1-4H3. The number of aromatic nitrogens is 1. The van der Waals surface area contributed by atoms with Crippen LogP contribution in [-0.2, 0) is 24.8 Å². The number of nitrogens with zero attached hydrogens (tertiary/aromatic N) is 1. The molecule has 20 heavy (non-hydrogen) atoms. The maximum atomic E-state index is 12.2. The molecule has 1 rings (SSSR count). The zero-order valence-corrected chi connectivity index (χ0v) is 12.8. The Kier molecular flexibility index (Phi) is 5.88. The highest BCUT2D eigenvalue weighted by Crippen LogP contribution is 2.50. The van der Waals surface area contributed by atoms with Crippen LogP contribution in [0.2, 0.25) is 0 Å². The van der Waals surface area contributed by atoms with E-state index in [4.69, 9.17) is 24.0 Å². The molecule has 0 aliphatic carbocycles. The van der Waals surface area contributed by atoms with Gasteiger partial charge in [0.15, 0.2) is 5.69 Å². The van der Waals surface area contributed by atoms with Crippen molar-refractivity contribution in [2.24, 2.45) is 5.73 Å². The smallest absolute Gasteiger partial charge is 0.360 e. The monoisotopic (exact) mass is 306 g/mol. The van der Waals surface area contributed by atoms with Gasteiger partial charge >= 0.3 is 13.6 Å². The molecular formula is C11H19N2O6P. The molecule has 1 heterocycles. The largest absolute Gasteiger partial charge is 0.461 e. The molecule has 0 radical (unpaired) electrons. The van der Waals surface area contributed by atoms with Gasteiger partial charge in [0.05, 0.1) is 6.61 Å². The molecule has 1 aromatic rings. The second-order valence-corrected chi connectivity index (χ2v) is 6.44. The number of nitrogens with two attached hydrogens (primary N) is 1. The molecule has 0 bridgehead atoms. The van der Waals surface area contributed by atoms with Gasteiger partial charge in [-0.3, -0.25) is 4.57 Å². The number of esters is 1. The van der Waals surface area contributed by atoms with E-state index in [9.17, 15) is 9.36 Å². The van der Waals surface area contributed by atoms with Crippen LogP contribution >= 0.6 is 7.60 Å². The predicted molar refractivity (Wildman–Crippen MR) is 70.5 cm³/mol. The lowest BCUT2D eigenvalue weighted by molar-refractivity contribution is 0.0513. The molecule has 0 aromatic carbocycles. The zero-order chi connectivity index (χ0) is 15.3. The molecule has 0 saturated heterocycles. The van der Waals surface area contributed by atoms with Crippen LogP contribution in [0.5, 0.6) is 0 Å². The number of rotatable bonds is 7. The zero-order valence-electron chi connectivity index (χ0n) is 11.9. The fourth-order valence-electron chi connectivity index (χ4n) is 1.66. The van der Waals surface area contributed by atoms with Gasteiger partial charge < -0.3 is 24.0 Å². The summed E-state index contributed by atoms with van der Waals surface area (Å²) in [5.74, 6) is -1.15. The summed E-state index contributed by atoms with van der Waals surface area (Å²) in [7, 11) is -0.949. The molecule has 0 aliphatic heterocycles. The van der Waals surface area contributed by atoms with Crippen molar-refractivity contribution in [2.45, 2.75) is 26.1 Å². The van der Waals surface area contributed by atoms with E-state index in [0.717, 1.165) is 0 Å². The molecule has 2 N–H and O–H groups in total. The van der Waals surface area contributed by atoms with E-state index in [1.807, 2.05) is 0 Å². The highest BCUT2D eigenvalue weighted by Gasteiger charge is 2.34. The Labute approximate surface area is 117 Å². The van der Waals surface area contributed by atoms with Crippen molar-refractivity contribution < 1.29 is 27.7 Å². The molecule has 9 heteroatoms. The average Bonchev–Trinajstić information content (AvgIpc) is 2.79. The minimum atomic E-state index is -3.44. The summed E-state index contributed by atoms with van der Waals surface area (Å²) in [5, 5.41) is 3.64. The number of carbonyl (C=O) groups excluding carboxylic acids is 1. The Bertz CT molecular complexity index is 507. The maximum Gasteiger partial charge on any atom is 0.360 e. The number of hydrogen-bond acceptors (Lipinski definition) is 8. The van der Waals surface area contributed by atoms with Crippen molar-refractivity contribution in [1.82, 2.24) is 5.16 Å². The first-order valence-corrected chi connectivity index (χ1v) is 7.59. The highest BCUT2D eigenvalue weighted by molar-refractivity contribution is 7.54. The van der Waals surface area contributed by atoms with Gasteiger partial charge in [-0.1, -0.05) is 5.16 Å². The van der Waals surface area contributed by atoms with Crippen LogP contribution in [0.15, 0.2) is 4.52 Å². The Morgan fingerprint density at radius 3 is 2.55 bits per heavy atom. The number of ether oxygens (including phenoxy) is 1. The van der Waals surface area contributed by atoms with Gasteiger partial charge in [-0.2, -0.15) is 0 Å². The molecular weight excluding hydrogens is 287 g/mol. The van der Waals surface area contributed by atoms with Gasteiger partial charge in [0.25, 0.3) is 0 Å². The van der Waals surface area contributed by atoms with E-state index in [2.05, 4.69) is 5.16 Å². The third-order valence-corrected chi connectivity index (χ3v) is 4.79. The highest BCUT2D eigenvalue weighted by atomic mass is 31.2. The van der Waals surface area contributed by atoms with Gasteiger partial charge in [-0.15, -0.1) is 0 Å². The van der Waals surface area contributed by atoms with Gasteiger partial charge in [0, 0.05) is 26.2 Å². The van der Waals surface area contributed by atoms with Crippen LogP contribution in [0.25, 0.3) is 0 Å². The first-order chi connectivity index (χ1) is 9.39. The Hall–Kier alpha value is -1.21. The summed E-state index contributed by atoms with van der Waals surface area (Å²) in [4.78, 5) is 11.7. The first-order valence-electron chi connectivity index (χ1n) is 5.98. The Balaban J connectivity index is 3.00. The summed E-state index contributed by atoms with van der Waals surface area (Å²) in [6, 6.07) is 0. The van der Waals surface area contributed by atoms with E-state index < -0.39 is 19.3 Å². The maximum absolute atomic E-state index is 12.2. The normalized spacial score (nSPS) is 13.2. The van der Waals surface area contributed by atoms with E-state index in [1.54, 1.807) is 13.8 Å². The molecule has 0 amide bonds. The van der Waals surface area contributed by atoms with Gasteiger partial charge in [-0.05, 0) is 13.8 Å². The van der Waals surface area contributed by atoms with Crippen molar-refractivity contribution in [3.05, 3.63) is 17.0 Å². The van der Waals surface area contributed by atoms with Gasteiger partial charge in [-0.25, -0.2) is 4.79 Å². The van der Waals surface area contributed by atoms with Crippen molar-refractivity contribution in [3.8, 4) is 0 Å². The molecule has 0 saturated carbocycles. The summed E-state index contributed by atoms with van der Waals surface area (Å²) >= 11 is 0. The molecule has 8 nitrogen and oxygen atoms in total. The van der Waals surface area contributed by atoms with Crippen LogP contribution in [0.4, 0.5) is 0 Å². The van der Waals surface area contributed by atoms with Crippen LogP contribution < -0.4 is 5.73 Å². The SMILES string of the molecule is CCOC(=O)c1noc(C)c1CC(N)P(=O)(OC)OC. The second-order valence-electron chi connectivity index (χ2n) is 3.96. The quantitative estimate of drug-likeness (QED) is 0.595. The summed E-state index contributed by atoms with van der Waals surface area (Å²) in [6.45, 7) is 3.52. The molecule has 114 valence electrons. The molecule has 1 atom stereocenters. The number of aryl methyl sites for hydroxylation is 1. The van der Waals surface area contributed by atoms with Crippen molar-refractivity contribution in [1.29, 1.82) is 0 Å². The van der Waals surface area contributed by atoms with Crippen LogP contribution in [0, 0.1) is 6.92 Å². The van der Waals surface area contributed by atoms with E-state index in [0.29, 0.717) is 11.3 Å². The van der Waals surface area contributed by atoms with Crippen LogP contribution in [-0.4, -0.2) is 37.7 Å². The van der Waals surface area contributed by atoms with Gasteiger partial charge in [0.2, 0.25) is 0 Å². The summed E-state index contributed by atoms with van der Waals surface area (Å²) in [6.07, 6.45) is 0.0580. The minimum Gasteiger partial charge on any atom is -0.461 e. The van der Waals surface area contributed by atoms with Crippen LogP contribution in [0.1, 0.15) is 28.7 Å². The van der Waals surface area contributed by atoms with Crippen LogP contribution in [0.3, 0.4) is 0 Å². The van der Waals surface area contributed by atoms with E-state index in [-0.39, 0.29) is 18.7 Å². The van der Waals surface area contributed by atoms with E-state index >= 15 is 0 Å². The second kappa shape index (κ2) is 6.99. The van der Waals surface area contributed by atoms with Crippen molar-refractivity contribution in [2.75, 3.05) is 20.8 Å². The average molecular weight is 306 g/mol. The minimum absolute atomic E-state index is 0.0264. The Morgan fingerprint density at radius 2 is 2.05 bits per heavy atom. The molecule has 0 fully saturated rings. The summed E-state index contributed by atoms with van der Waals surface area (Å²) < 4.78 is 31.6. The number of hydrogen-bond donors (Lipinski definition) is 1. The number of carbonyl (C=O) groups is 1. The third-order valence-electron chi connectivity index (χ3n) is 2.78. The lowest BCUT2D eigenvalue weighted by Crippen LogP contribution is -2.25. The molecule has 0 spiro atoms. The van der Waals surface area contributed by atoms with Crippen molar-refractivity contribution in [3.63, 3.8) is 0 Å². The topological polar surface area (TPSA) is 114 Å². The predicted octanol–water partition coefficient (Wildman–Crippen LogP) is 1.47. The summed E-state index contributed by atoms with van der Waals surface area (Å²) in [5.41, 5.74) is 6.30. The lowest BCUT2D eigenvalue weighted by Gasteiger charge is -2.20. The van der Waals surface area contributed by atoms with Crippen molar-refractivity contribution >= 4 is 13.6 Å². The third kappa shape index (κ3) is 3.46. The lowest BCUT2D eigenvalue weighted by atomic mass is 10.1. The molecule has 0 aliphatic rings.